The predicted molar refractivity (Wildman–Crippen MR) is 60.2 cm³/mol. The van der Waals surface area contributed by atoms with Crippen LogP contribution in [0.1, 0.15) is 30.4 Å². The number of hydrogen-bond donors (Lipinski definition) is 1. The molecule has 1 aliphatic carbocycles. The zero-order valence-electron chi connectivity index (χ0n) is 9.17. The average Bonchev–Trinajstić information content (AvgIpc) is 2.07. The molecule has 1 aliphatic rings. The van der Waals surface area contributed by atoms with E-state index in [1.165, 1.54) is 30.9 Å². The fourth-order valence-electron chi connectivity index (χ4n) is 2.18. The van der Waals surface area contributed by atoms with Crippen molar-refractivity contribution in [3.05, 3.63) is 35.1 Å². The Kier molecular flexibility index (Phi) is 3.06. The van der Waals surface area contributed by atoms with Crippen molar-refractivity contribution in [3.63, 3.8) is 0 Å². The molecule has 1 atom stereocenters. The average molecular weight is 207 g/mol. The van der Waals surface area contributed by atoms with E-state index in [0.29, 0.717) is 5.92 Å². The minimum atomic E-state index is -0.159. The van der Waals surface area contributed by atoms with E-state index < -0.39 is 0 Å². The van der Waals surface area contributed by atoms with E-state index in [0.717, 1.165) is 12.0 Å². The molecule has 1 saturated carbocycles. The molecule has 0 aromatic heterocycles. The first-order chi connectivity index (χ1) is 7.16. The second kappa shape index (κ2) is 4.31. The number of hydrogen-bond acceptors (Lipinski definition) is 1. The van der Waals surface area contributed by atoms with Crippen molar-refractivity contribution in [2.45, 2.75) is 38.6 Å². The van der Waals surface area contributed by atoms with Crippen LogP contribution in [0.4, 0.5) is 4.39 Å². The molecule has 0 spiro atoms. The van der Waals surface area contributed by atoms with Crippen LogP contribution in [-0.2, 0) is 6.42 Å². The van der Waals surface area contributed by atoms with E-state index in [-0.39, 0.29) is 11.9 Å². The molecule has 1 aromatic rings. The first-order valence-electron chi connectivity index (χ1n) is 5.67. The number of nitrogens with two attached hydrogens (primary N) is 1. The van der Waals surface area contributed by atoms with Gasteiger partial charge in [0.25, 0.3) is 0 Å². The molecule has 2 heteroatoms. The minimum Gasteiger partial charge on any atom is -0.327 e. The van der Waals surface area contributed by atoms with Crippen molar-refractivity contribution in [1.29, 1.82) is 0 Å². The van der Waals surface area contributed by atoms with Gasteiger partial charge in [-0.05, 0) is 55.4 Å². The van der Waals surface area contributed by atoms with Gasteiger partial charge in [0, 0.05) is 6.04 Å². The maximum Gasteiger partial charge on any atom is 0.123 e. The summed E-state index contributed by atoms with van der Waals surface area (Å²) in [6.07, 6.45) is 4.74. The Bertz CT molecular complexity index is 344. The molecular formula is C13H18FN. The second-order valence-corrected chi connectivity index (χ2v) is 4.63. The topological polar surface area (TPSA) is 26.0 Å². The first kappa shape index (κ1) is 10.6. The van der Waals surface area contributed by atoms with Gasteiger partial charge in [0.1, 0.15) is 5.82 Å². The summed E-state index contributed by atoms with van der Waals surface area (Å²) in [6, 6.07) is 5.23. The van der Waals surface area contributed by atoms with Crippen molar-refractivity contribution in [3.8, 4) is 0 Å². The number of benzene rings is 1. The smallest absolute Gasteiger partial charge is 0.123 e. The highest BCUT2D eigenvalue weighted by Gasteiger charge is 2.24. The van der Waals surface area contributed by atoms with E-state index in [1.807, 2.05) is 13.0 Å². The summed E-state index contributed by atoms with van der Waals surface area (Å²) >= 11 is 0. The van der Waals surface area contributed by atoms with Crippen molar-refractivity contribution in [1.82, 2.24) is 0 Å². The van der Waals surface area contributed by atoms with Crippen molar-refractivity contribution >= 4 is 0 Å². The van der Waals surface area contributed by atoms with Crippen molar-refractivity contribution in [2.75, 3.05) is 0 Å². The fraction of sp³-hybridized carbons (Fsp3) is 0.538. The van der Waals surface area contributed by atoms with Crippen molar-refractivity contribution < 1.29 is 4.39 Å². The second-order valence-electron chi connectivity index (χ2n) is 4.63. The molecule has 0 amide bonds. The molecule has 0 radical (unpaired) electrons. The third-order valence-corrected chi connectivity index (χ3v) is 3.52. The zero-order valence-corrected chi connectivity index (χ0v) is 9.17. The summed E-state index contributed by atoms with van der Waals surface area (Å²) in [4.78, 5) is 0. The SMILES string of the molecule is Cc1cc(F)ccc1CC(N)C1CCC1. The molecule has 0 bridgehead atoms. The summed E-state index contributed by atoms with van der Waals surface area (Å²) < 4.78 is 12.9. The van der Waals surface area contributed by atoms with E-state index in [1.54, 1.807) is 6.07 Å². The third-order valence-electron chi connectivity index (χ3n) is 3.52. The predicted octanol–water partition coefficient (Wildman–Crippen LogP) is 2.80. The lowest BCUT2D eigenvalue weighted by Crippen LogP contribution is -2.36. The van der Waals surface area contributed by atoms with Crippen LogP contribution < -0.4 is 5.73 Å². The molecular weight excluding hydrogens is 189 g/mol. The summed E-state index contributed by atoms with van der Waals surface area (Å²) in [7, 11) is 0. The molecule has 15 heavy (non-hydrogen) atoms. The highest BCUT2D eigenvalue weighted by Crippen LogP contribution is 2.30. The lowest BCUT2D eigenvalue weighted by atomic mass is 9.78. The Morgan fingerprint density at radius 1 is 1.47 bits per heavy atom. The lowest BCUT2D eigenvalue weighted by molar-refractivity contribution is 0.260. The van der Waals surface area contributed by atoms with E-state index in [4.69, 9.17) is 5.73 Å². The van der Waals surface area contributed by atoms with Crippen LogP contribution in [-0.4, -0.2) is 6.04 Å². The maximum absolute atomic E-state index is 12.9. The molecule has 0 aliphatic heterocycles. The van der Waals surface area contributed by atoms with Gasteiger partial charge in [0.05, 0.1) is 0 Å². The number of halogens is 1. The molecule has 2 rings (SSSR count). The third kappa shape index (κ3) is 2.37. The molecule has 1 unspecified atom stereocenters. The van der Waals surface area contributed by atoms with Gasteiger partial charge in [-0.2, -0.15) is 0 Å². The van der Waals surface area contributed by atoms with Crippen LogP contribution in [0.3, 0.4) is 0 Å². The normalized spacial score (nSPS) is 18.6. The molecule has 1 nitrogen and oxygen atoms in total. The van der Waals surface area contributed by atoms with Gasteiger partial charge in [-0.15, -0.1) is 0 Å². The van der Waals surface area contributed by atoms with E-state index in [9.17, 15) is 4.39 Å². The van der Waals surface area contributed by atoms with E-state index >= 15 is 0 Å². The van der Waals surface area contributed by atoms with Crippen molar-refractivity contribution in [2.24, 2.45) is 11.7 Å². The molecule has 1 fully saturated rings. The van der Waals surface area contributed by atoms with E-state index in [2.05, 4.69) is 0 Å². The van der Waals surface area contributed by atoms with Crippen LogP contribution in [0.25, 0.3) is 0 Å². The Morgan fingerprint density at radius 2 is 2.20 bits per heavy atom. The quantitative estimate of drug-likeness (QED) is 0.810. The highest BCUT2D eigenvalue weighted by molar-refractivity contribution is 5.27. The van der Waals surface area contributed by atoms with Gasteiger partial charge in [0.2, 0.25) is 0 Å². The summed E-state index contributed by atoms with van der Waals surface area (Å²) in [5.74, 6) is 0.530. The first-order valence-corrected chi connectivity index (χ1v) is 5.67. The summed E-state index contributed by atoms with van der Waals surface area (Å²) in [5, 5.41) is 0. The number of rotatable bonds is 3. The molecule has 0 saturated heterocycles. The van der Waals surface area contributed by atoms with Crippen LogP contribution in [0.15, 0.2) is 18.2 Å². The lowest BCUT2D eigenvalue weighted by Gasteiger charge is -2.31. The Hall–Kier alpha value is -0.890. The highest BCUT2D eigenvalue weighted by atomic mass is 19.1. The van der Waals surface area contributed by atoms with Gasteiger partial charge in [-0.25, -0.2) is 4.39 Å². The van der Waals surface area contributed by atoms with Gasteiger partial charge in [-0.3, -0.25) is 0 Å². The molecule has 0 heterocycles. The minimum absolute atomic E-state index is 0.159. The van der Waals surface area contributed by atoms with Crippen LogP contribution in [0, 0.1) is 18.7 Å². The van der Waals surface area contributed by atoms with Gasteiger partial charge < -0.3 is 5.73 Å². The molecule has 2 N–H and O–H groups in total. The van der Waals surface area contributed by atoms with Gasteiger partial charge in [-0.1, -0.05) is 12.5 Å². The van der Waals surface area contributed by atoms with Crippen LogP contribution in [0.2, 0.25) is 0 Å². The molecule has 82 valence electrons. The zero-order chi connectivity index (χ0) is 10.8. The summed E-state index contributed by atoms with van der Waals surface area (Å²) in [6.45, 7) is 1.95. The maximum atomic E-state index is 12.9. The standard InChI is InChI=1S/C13H18FN/c1-9-7-12(14)6-5-11(9)8-13(15)10-3-2-4-10/h5-7,10,13H,2-4,8,15H2,1H3. The van der Waals surface area contributed by atoms with Crippen LogP contribution in [0.5, 0.6) is 0 Å². The summed E-state index contributed by atoms with van der Waals surface area (Å²) in [5.41, 5.74) is 8.33. The Labute approximate surface area is 90.5 Å². The number of aryl methyl sites for hydroxylation is 1. The monoisotopic (exact) mass is 207 g/mol. The Balaban J connectivity index is 2.03. The fourth-order valence-corrected chi connectivity index (χ4v) is 2.18. The molecule has 1 aromatic carbocycles. The Morgan fingerprint density at radius 3 is 2.73 bits per heavy atom. The van der Waals surface area contributed by atoms with Gasteiger partial charge in [0.15, 0.2) is 0 Å². The van der Waals surface area contributed by atoms with Crippen LogP contribution >= 0.6 is 0 Å². The largest absolute Gasteiger partial charge is 0.327 e. The van der Waals surface area contributed by atoms with Gasteiger partial charge >= 0.3 is 0 Å².